The van der Waals surface area contributed by atoms with Crippen LogP contribution in [-0.4, -0.2) is 85.3 Å². The van der Waals surface area contributed by atoms with Gasteiger partial charge >= 0.3 is 0 Å². The van der Waals surface area contributed by atoms with Gasteiger partial charge in [0.1, 0.15) is 13.2 Å². The second-order valence-corrected chi connectivity index (χ2v) is 12.8. The molecule has 224 valence electrons. The number of carbonyl (C=O) groups is 1. The van der Waals surface area contributed by atoms with Gasteiger partial charge in [0, 0.05) is 31.2 Å². The van der Waals surface area contributed by atoms with Crippen LogP contribution in [0.5, 0.6) is 11.6 Å². The number of likely N-dealkylation sites (N-methyl/N-ethyl adjacent to an activating group) is 1. The van der Waals surface area contributed by atoms with Crippen LogP contribution < -0.4 is 19.3 Å². The first-order valence-electron chi connectivity index (χ1n) is 14.9. The van der Waals surface area contributed by atoms with Crippen molar-refractivity contribution in [1.29, 1.82) is 5.26 Å². The molecule has 43 heavy (non-hydrogen) atoms. The molecule has 1 unspecified atom stereocenters. The standard InChI is InChI=1S/C32H35FN6O3S/c1-20(33)32(40)39-16-24-19-41-29-28(38(24)15-22(39)8-11-34)25-9-13-37(27-7-3-5-21-10-14-43-30(21)27)17-26(25)35-31(29)42-18-23-6-4-12-36(23)2/h3,5,7,10,14,22-24H,1,4,6,8-9,12-13,15-19H2,2H3/t22-,23-,24?/m0/s1. The van der Waals surface area contributed by atoms with Crippen molar-refractivity contribution in [1.82, 2.24) is 14.8 Å². The smallest absolute Gasteiger partial charge is 0.282 e. The molecule has 1 amide bonds. The molecule has 4 aliphatic rings. The molecule has 0 bridgehead atoms. The summed E-state index contributed by atoms with van der Waals surface area (Å²) in [5.41, 5.74) is 4.21. The lowest BCUT2D eigenvalue weighted by atomic mass is 9.95. The molecular weight excluding hydrogens is 567 g/mol. The van der Waals surface area contributed by atoms with Crippen LogP contribution in [0.1, 0.15) is 30.5 Å². The number of hydrogen-bond donors (Lipinski definition) is 0. The van der Waals surface area contributed by atoms with Crippen molar-refractivity contribution in [2.24, 2.45) is 0 Å². The number of nitrogens with zero attached hydrogens (tertiary/aromatic N) is 6. The van der Waals surface area contributed by atoms with Crippen molar-refractivity contribution in [3.8, 4) is 17.7 Å². The number of thiophene rings is 1. The number of pyridine rings is 1. The Kier molecular flexibility index (Phi) is 7.35. The molecule has 0 radical (unpaired) electrons. The van der Waals surface area contributed by atoms with E-state index in [0.29, 0.717) is 44.0 Å². The van der Waals surface area contributed by atoms with E-state index in [1.54, 1.807) is 11.3 Å². The quantitative estimate of drug-likeness (QED) is 0.382. The molecule has 1 aromatic carbocycles. The molecular formula is C32H35FN6O3S. The van der Waals surface area contributed by atoms with Crippen molar-refractivity contribution in [3.05, 3.63) is 53.3 Å². The van der Waals surface area contributed by atoms with Crippen LogP contribution in [0.2, 0.25) is 0 Å². The summed E-state index contributed by atoms with van der Waals surface area (Å²) < 4.78 is 28.1. The maximum absolute atomic E-state index is 14.0. The third kappa shape index (κ3) is 4.96. The Labute approximate surface area is 254 Å². The van der Waals surface area contributed by atoms with Gasteiger partial charge in [-0.15, -0.1) is 11.3 Å². The maximum Gasteiger partial charge on any atom is 0.282 e. The molecule has 11 heteroatoms. The van der Waals surface area contributed by atoms with Crippen LogP contribution in [0.25, 0.3) is 10.1 Å². The number of piperazine rings is 1. The fourth-order valence-electron chi connectivity index (χ4n) is 7.07. The van der Waals surface area contributed by atoms with Crippen molar-refractivity contribution in [2.75, 3.05) is 56.2 Å². The zero-order valence-corrected chi connectivity index (χ0v) is 25.1. The lowest BCUT2D eigenvalue weighted by Gasteiger charge is -2.50. The number of likely N-dealkylation sites (tertiary alicyclic amines) is 1. The summed E-state index contributed by atoms with van der Waals surface area (Å²) in [7, 11) is 2.13. The lowest BCUT2D eigenvalue weighted by molar-refractivity contribution is -0.132. The third-order valence-electron chi connectivity index (χ3n) is 9.36. The minimum Gasteiger partial charge on any atom is -0.484 e. The molecule has 6 heterocycles. The molecule has 2 aromatic heterocycles. The Balaban J connectivity index is 1.27. The SMILES string of the molecule is C=C(F)C(=O)N1CC2COc3c(OC[C@@H]4CCCN4C)nc4c(c3N2C[C@@H]1CC#N)CCN(c1cccc2ccsc12)C4. The fraction of sp³-hybridized carbons (Fsp3) is 0.469. The monoisotopic (exact) mass is 602 g/mol. The van der Waals surface area contributed by atoms with Crippen LogP contribution in [-0.2, 0) is 17.8 Å². The van der Waals surface area contributed by atoms with E-state index in [2.05, 4.69) is 64.0 Å². The van der Waals surface area contributed by atoms with Gasteiger partial charge in [-0.05, 0) is 55.8 Å². The van der Waals surface area contributed by atoms with Gasteiger partial charge in [-0.1, -0.05) is 18.7 Å². The van der Waals surface area contributed by atoms with Gasteiger partial charge < -0.3 is 29.1 Å². The predicted octanol–water partition coefficient (Wildman–Crippen LogP) is 4.51. The number of fused-ring (bicyclic) bond motifs is 6. The van der Waals surface area contributed by atoms with Crippen LogP contribution in [0, 0.1) is 11.3 Å². The van der Waals surface area contributed by atoms with E-state index < -0.39 is 17.8 Å². The first-order chi connectivity index (χ1) is 20.9. The Morgan fingerprint density at radius 2 is 2.16 bits per heavy atom. The van der Waals surface area contributed by atoms with Gasteiger partial charge in [0.2, 0.25) is 5.75 Å². The van der Waals surface area contributed by atoms with Gasteiger partial charge in [0.05, 0.1) is 52.9 Å². The number of ether oxygens (including phenoxy) is 2. The summed E-state index contributed by atoms with van der Waals surface area (Å²) >= 11 is 1.75. The highest BCUT2D eigenvalue weighted by Crippen LogP contribution is 2.48. The van der Waals surface area contributed by atoms with Crippen molar-refractivity contribution in [3.63, 3.8) is 0 Å². The molecule has 0 spiro atoms. The molecule has 2 saturated heterocycles. The second-order valence-electron chi connectivity index (χ2n) is 11.9. The number of anilines is 2. The average Bonchev–Trinajstić information content (AvgIpc) is 3.67. The minimum atomic E-state index is -1.01. The summed E-state index contributed by atoms with van der Waals surface area (Å²) in [6.45, 7) is 7.20. The molecule has 0 saturated carbocycles. The topological polar surface area (TPSA) is 85.2 Å². The highest BCUT2D eigenvalue weighted by atomic mass is 32.1. The van der Waals surface area contributed by atoms with E-state index in [1.807, 2.05) is 0 Å². The number of amides is 1. The summed E-state index contributed by atoms with van der Waals surface area (Å²) in [4.78, 5) is 26.2. The molecule has 4 aliphatic heterocycles. The van der Waals surface area contributed by atoms with Crippen LogP contribution >= 0.6 is 11.3 Å². The zero-order chi connectivity index (χ0) is 29.7. The van der Waals surface area contributed by atoms with E-state index >= 15 is 0 Å². The maximum atomic E-state index is 14.0. The van der Waals surface area contributed by atoms with E-state index in [1.165, 1.54) is 20.7 Å². The van der Waals surface area contributed by atoms with E-state index in [0.717, 1.165) is 49.3 Å². The summed E-state index contributed by atoms with van der Waals surface area (Å²) in [6, 6.07) is 10.4. The highest BCUT2D eigenvalue weighted by molar-refractivity contribution is 7.17. The Bertz CT molecular complexity index is 1620. The molecule has 7 rings (SSSR count). The molecule has 0 aliphatic carbocycles. The number of rotatable bonds is 6. The number of hydrogen-bond acceptors (Lipinski definition) is 9. The second kappa shape index (κ2) is 11.3. The Morgan fingerprint density at radius 1 is 1.28 bits per heavy atom. The van der Waals surface area contributed by atoms with Gasteiger partial charge in [-0.2, -0.15) is 5.26 Å². The van der Waals surface area contributed by atoms with Gasteiger partial charge in [0.15, 0.2) is 5.83 Å². The number of halogens is 1. The minimum absolute atomic E-state index is 0.0989. The third-order valence-corrected chi connectivity index (χ3v) is 10.3. The number of nitriles is 1. The van der Waals surface area contributed by atoms with Crippen molar-refractivity contribution >= 4 is 38.7 Å². The summed E-state index contributed by atoms with van der Waals surface area (Å²) in [5, 5.41) is 13.0. The molecule has 3 atom stereocenters. The first-order valence-corrected chi connectivity index (χ1v) is 15.8. The number of benzene rings is 1. The van der Waals surface area contributed by atoms with E-state index in [9.17, 15) is 14.4 Å². The highest BCUT2D eigenvalue weighted by Gasteiger charge is 2.43. The average molecular weight is 603 g/mol. The summed E-state index contributed by atoms with van der Waals surface area (Å²) in [6.07, 6.45) is 3.09. The number of aromatic nitrogens is 1. The molecule has 2 fully saturated rings. The summed E-state index contributed by atoms with van der Waals surface area (Å²) in [5.74, 6) is -0.639. The van der Waals surface area contributed by atoms with Crippen molar-refractivity contribution in [2.45, 2.75) is 50.4 Å². The number of carbonyl (C=O) groups excluding carboxylic acids is 1. The fourth-order valence-corrected chi connectivity index (χ4v) is 8.02. The first kappa shape index (κ1) is 27.9. The Hall–Kier alpha value is -3.88. The predicted molar refractivity (Wildman–Crippen MR) is 165 cm³/mol. The Morgan fingerprint density at radius 3 is 2.95 bits per heavy atom. The van der Waals surface area contributed by atoms with Crippen LogP contribution in [0.3, 0.4) is 0 Å². The normalized spacial score (nSPS) is 23.3. The molecule has 0 N–H and O–H groups in total. The van der Waals surface area contributed by atoms with Crippen LogP contribution in [0.15, 0.2) is 42.1 Å². The van der Waals surface area contributed by atoms with Crippen LogP contribution in [0.4, 0.5) is 15.8 Å². The van der Waals surface area contributed by atoms with E-state index in [-0.39, 0.29) is 19.0 Å². The van der Waals surface area contributed by atoms with Crippen molar-refractivity contribution < 1.29 is 18.7 Å². The largest absolute Gasteiger partial charge is 0.484 e. The molecule has 3 aromatic rings. The van der Waals surface area contributed by atoms with Gasteiger partial charge in [0.25, 0.3) is 11.8 Å². The van der Waals surface area contributed by atoms with Gasteiger partial charge in [-0.3, -0.25) is 4.79 Å². The zero-order valence-electron chi connectivity index (χ0n) is 24.3. The molecule has 9 nitrogen and oxygen atoms in total. The lowest BCUT2D eigenvalue weighted by Crippen LogP contribution is -2.63. The van der Waals surface area contributed by atoms with Gasteiger partial charge in [-0.25, -0.2) is 9.37 Å². The van der Waals surface area contributed by atoms with E-state index in [4.69, 9.17) is 14.5 Å².